The Hall–Kier alpha value is -1.36. The Morgan fingerprint density at radius 1 is 1.50 bits per heavy atom. The van der Waals surface area contributed by atoms with Crippen molar-refractivity contribution in [1.29, 1.82) is 0 Å². The van der Waals surface area contributed by atoms with Crippen LogP contribution in [0.5, 0.6) is 0 Å². The fraction of sp³-hybridized carbons (Fsp3) is 0.125. The lowest BCUT2D eigenvalue weighted by atomic mass is 10.3. The predicted octanol–water partition coefficient (Wildman–Crippen LogP) is 1.67. The lowest BCUT2D eigenvalue weighted by molar-refractivity contribution is 0.773. The molecular formula is C8H6FN. The van der Waals surface area contributed by atoms with E-state index >= 15 is 0 Å². The van der Waals surface area contributed by atoms with E-state index in [2.05, 4.69) is 10.9 Å². The summed E-state index contributed by atoms with van der Waals surface area (Å²) < 4.78 is 11.4. The van der Waals surface area contributed by atoms with Crippen molar-refractivity contribution in [1.82, 2.24) is 4.98 Å². The molecule has 0 atom stereocenters. The largest absolute Gasteiger partial charge is 0.247 e. The van der Waals surface area contributed by atoms with Gasteiger partial charge in [-0.05, 0) is 24.5 Å². The van der Waals surface area contributed by atoms with Gasteiger partial charge in [-0.3, -0.25) is 0 Å². The standard InChI is InChI=1S/C8H6FN/c1-7-2-3-8(4-5-9)10-6-7/h2-3,6H,1H3. The number of hydrogen-bond donors (Lipinski definition) is 0. The Labute approximate surface area is 58.9 Å². The lowest BCUT2D eigenvalue weighted by Gasteiger charge is -1.88. The number of pyridine rings is 1. The molecule has 1 rings (SSSR count). The quantitative estimate of drug-likeness (QED) is 0.493. The molecule has 50 valence electrons. The molecule has 0 aromatic carbocycles. The minimum absolute atomic E-state index is 0.466. The molecule has 0 spiro atoms. The number of aryl methyl sites for hydroxylation is 1. The van der Waals surface area contributed by atoms with Crippen LogP contribution in [0, 0.1) is 19.0 Å². The minimum Gasteiger partial charge on any atom is -0.247 e. The molecule has 0 bridgehead atoms. The van der Waals surface area contributed by atoms with Crippen LogP contribution in [0.4, 0.5) is 4.39 Å². The normalized spacial score (nSPS) is 8.20. The maximum Gasteiger partial charge on any atom is 0.115 e. The Bertz CT molecular complexity index is 266. The molecule has 0 saturated carbocycles. The zero-order valence-corrected chi connectivity index (χ0v) is 5.56. The van der Waals surface area contributed by atoms with Gasteiger partial charge in [0.2, 0.25) is 0 Å². The fourth-order valence-electron chi connectivity index (χ4n) is 0.590. The highest BCUT2D eigenvalue weighted by molar-refractivity contribution is 5.26. The summed E-state index contributed by atoms with van der Waals surface area (Å²) in [7, 11) is 0. The second-order valence-corrected chi connectivity index (χ2v) is 1.94. The van der Waals surface area contributed by atoms with Gasteiger partial charge < -0.3 is 0 Å². The molecule has 1 aromatic rings. The number of rotatable bonds is 0. The van der Waals surface area contributed by atoms with Gasteiger partial charge in [0.25, 0.3) is 0 Å². The molecule has 0 aliphatic rings. The van der Waals surface area contributed by atoms with E-state index in [9.17, 15) is 4.39 Å². The second-order valence-electron chi connectivity index (χ2n) is 1.94. The van der Waals surface area contributed by atoms with E-state index in [4.69, 9.17) is 0 Å². The van der Waals surface area contributed by atoms with Crippen molar-refractivity contribution in [2.75, 3.05) is 0 Å². The Morgan fingerprint density at radius 3 is 2.80 bits per heavy atom. The van der Waals surface area contributed by atoms with Crippen molar-refractivity contribution in [3.63, 3.8) is 0 Å². The van der Waals surface area contributed by atoms with Crippen LogP contribution in [0.25, 0.3) is 0 Å². The zero-order chi connectivity index (χ0) is 7.40. The van der Waals surface area contributed by atoms with Crippen molar-refractivity contribution >= 4 is 0 Å². The van der Waals surface area contributed by atoms with Crippen molar-refractivity contribution < 1.29 is 4.39 Å². The van der Waals surface area contributed by atoms with Gasteiger partial charge >= 0.3 is 0 Å². The molecule has 0 radical (unpaired) electrons. The molecule has 0 saturated heterocycles. The number of aromatic nitrogens is 1. The van der Waals surface area contributed by atoms with Gasteiger partial charge in [-0.25, -0.2) is 4.98 Å². The van der Waals surface area contributed by atoms with Gasteiger partial charge in [-0.2, -0.15) is 0 Å². The highest BCUT2D eigenvalue weighted by Crippen LogP contribution is 1.95. The molecule has 1 nitrogen and oxygen atoms in total. The van der Waals surface area contributed by atoms with Gasteiger partial charge in [0, 0.05) is 6.20 Å². The first-order valence-corrected chi connectivity index (χ1v) is 2.87. The van der Waals surface area contributed by atoms with Crippen LogP contribution in [0.2, 0.25) is 0 Å². The third-order valence-corrected chi connectivity index (χ3v) is 1.09. The van der Waals surface area contributed by atoms with Crippen molar-refractivity contribution in [3.8, 4) is 12.1 Å². The van der Waals surface area contributed by atoms with Crippen LogP contribution in [0.15, 0.2) is 18.3 Å². The van der Waals surface area contributed by atoms with E-state index in [1.807, 2.05) is 13.0 Å². The van der Waals surface area contributed by atoms with Gasteiger partial charge in [0.05, 0.1) is 0 Å². The van der Waals surface area contributed by atoms with E-state index in [-0.39, 0.29) is 0 Å². The van der Waals surface area contributed by atoms with E-state index in [0.29, 0.717) is 5.69 Å². The summed E-state index contributed by atoms with van der Waals surface area (Å²) in [5.74, 6) is 2.21. The number of halogens is 1. The van der Waals surface area contributed by atoms with Crippen molar-refractivity contribution in [2.45, 2.75) is 6.92 Å². The highest BCUT2D eigenvalue weighted by Gasteiger charge is 1.85. The smallest absolute Gasteiger partial charge is 0.115 e. The molecule has 0 aliphatic heterocycles. The Morgan fingerprint density at radius 2 is 2.30 bits per heavy atom. The minimum atomic E-state index is 0.466. The van der Waals surface area contributed by atoms with Gasteiger partial charge in [-0.1, -0.05) is 6.07 Å². The average molecular weight is 135 g/mol. The first-order chi connectivity index (χ1) is 4.83. The predicted molar refractivity (Wildman–Crippen MR) is 37.0 cm³/mol. The molecule has 0 N–H and O–H groups in total. The van der Waals surface area contributed by atoms with E-state index in [0.717, 1.165) is 5.56 Å². The first-order valence-electron chi connectivity index (χ1n) is 2.87. The maximum absolute atomic E-state index is 11.4. The number of hydrogen-bond acceptors (Lipinski definition) is 1. The summed E-state index contributed by atoms with van der Waals surface area (Å²) in [5, 5.41) is 0. The van der Waals surface area contributed by atoms with Crippen LogP contribution in [0.1, 0.15) is 11.3 Å². The topological polar surface area (TPSA) is 12.9 Å². The third-order valence-electron chi connectivity index (χ3n) is 1.09. The van der Waals surface area contributed by atoms with Gasteiger partial charge in [0.1, 0.15) is 11.9 Å². The van der Waals surface area contributed by atoms with E-state index in [1.54, 1.807) is 12.3 Å². The summed E-state index contributed by atoms with van der Waals surface area (Å²) >= 11 is 0. The SMILES string of the molecule is Cc1ccc(C#CF)nc1. The third kappa shape index (κ3) is 1.56. The monoisotopic (exact) mass is 135 g/mol. The first kappa shape index (κ1) is 6.76. The van der Waals surface area contributed by atoms with Crippen LogP contribution >= 0.6 is 0 Å². The molecular weight excluding hydrogens is 129 g/mol. The lowest BCUT2D eigenvalue weighted by Crippen LogP contribution is -1.80. The molecule has 0 aliphatic carbocycles. The molecule has 0 amide bonds. The van der Waals surface area contributed by atoms with E-state index in [1.165, 1.54) is 6.17 Å². The molecule has 1 heterocycles. The van der Waals surface area contributed by atoms with Crippen molar-refractivity contribution in [2.24, 2.45) is 0 Å². The average Bonchev–Trinajstić information content (AvgIpc) is 1.95. The Balaban J connectivity index is 2.97. The fourth-order valence-corrected chi connectivity index (χ4v) is 0.590. The van der Waals surface area contributed by atoms with Crippen LogP contribution in [-0.4, -0.2) is 4.98 Å². The van der Waals surface area contributed by atoms with Crippen molar-refractivity contribution in [3.05, 3.63) is 29.6 Å². The Kier molecular flexibility index (Phi) is 2.01. The number of nitrogens with zero attached hydrogens (tertiary/aromatic N) is 1. The van der Waals surface area contributed by atoms with Crippen LogP contribution < -0.4 is 0 Å². The summed E-state index contributed by atoms with van der Waals surface area (Å²) in [6, 6.07) is 3.52. The van der Waals surface area contributed by atoms with Gasteiger partial charge in [-0.15, -0.1) is 4.39 Å². The summed E-state index contributed by atoms with van der Waals surface area (Å²) in [6.07, 6.45) is 2.94. The molecule has 0 unspecified atom stereocenters. The molecule has 1 aromatic heterocycles. The molecule has 10 heavy (non-hydrogen) atoms. The maximum atomic E-state index is 11.4. The zero-order valence-electron chi connectivity index (χ0n) is 5.56. The van der Waals surface area contributed by atoms with Crippen LogP contribution in [-0.2, 0) is 0 Å². The molecule has 2 heteroatoms. The van der Waals surface area contributed by atoms with Gasteiger partial charge in [0.15, 0.2) is 0 Å². The van der Waals surface area contributed by atoms with E-state index < -0.39 is 0 Å². The molecule has 0 fully saturated rings. The second kappa shape index (κ2) is 2.98. The van der Waals surface area contributed by atoms with Crippen LogP contribution in [0.3, 0.4) is 0 Å². The summed E-state index contributed by atoms with van der Waals surface area (Å²) in [6.45, 7) is 1.92. The summed E-state index contributed by atoms with van der Waals surface area (Å²) in [5.41, 5.74) is 1.51. The highest BCUT2D eigenvalue weighted by atomic mass is 19.1. The summed E-state index contributed by atoms with van der Waals surface area (Å²) in [4.78, 5) is 3.85.